The maximum atomic E-state index is 13.9. The quantitative estimate of drug-likeness (QED) is 0.220. The fraction of sp³-hybridized carbons (Fsp3) is 0.517. The molecule has 3 aliphatic carbocycles. The summed E-state index contributed by atoms with van der Waals surface area (Å²) in [4.78, 5) is 56.8. The number of rotatable bonds is 6. The molecule has 1 amide bonds. The SMILES string of the molecule is C[C@@H]1c2cccc(O)c2C(=O)C2=C(O)[C@@]3(O)C(=O)C(C(N)=O)=C(O)[C@H](N(C)C)[C@H]3[C@H](OC(=O)CCN3CCOCC3)[C@H]21. The minimum Gasteiger partial charge on any atom is -0.510 e. The number of nitrogens with zero attached hydrogens (tertiary/aromatic N) is 2. The molecule has 1 aromatic carbocycles. The third-order valence-electron chi connectivity index (χ3n) is 8.97. The molecule has 0 spiro atoms. The van der Waals surface area contributed by atoms with Crippen LogP contribution in [0, 0.1) is 11.8 Å². The van der Waals surface area contributed by atoms with Gasteiger partial charge in [-0.1, -0.05) is 19.1 Å². The number of phenolic OH excluding ortho intramolecular Hbond substituents is 1. The highest BCUT2D eigenvalue weighted by molar-refractivity contribution is 6.25. The van der Waals surface area contributed by atoms with Crippen LogP contribution < -0.4 is 5.73 Å². The summed E-state index contributed by atoms with van der Waals surface area (Å²) in [6, 6.07) is 3.14. The van der Waals surface area contributed by atoms with E-state index in [4.69, 9.17) is 15.2 Å². The van der Waals surface area contributed by atoms with Crippen molar-refractivity contribution in [1.29, 1.82) is 0 Å². The van der Waals surface area contributed by atoms with Crippen LogP contribution in [0.15, 0.2) is 40.9 Å². The molecule has 13 nitrogen and oxygen atoms in total. The summed E-state index contributed by atoms with van der Waals surface area (Å²) in [6.45, 7) is 4.35. The Hall–Kier alpha value is -3.78. The number of likely N-dealkylation sites (N-methyl/N-ethyl adjacent to an activating group) is 1. The number of aliphatic hydroxyl groups is 3. The number of aromatic hydroxyl groups is 1. The van der Waals surface area contributed by atoms with Gasteiger partial charge in [-0.05, 0) is 31.6 Å². The number of hydrogen-bond donors (Lipinski definition) is 5. The Bertz CT molecular complexity index is 1410. The van der Waals surface area contributed by atoms with Gasteiger partial charge >= 0.3 is 5.97 Å². The summed E-state index contributed by atoms with van der Waals surface area (Å²) in [5.74, 6) is -9.75. The molecule has 5 rings (SSSR count). The van der Waals surface area contributed by atoms with Gasteiger partial charge in [0.25, 0.3) is 5.91 Å². The molecule has 4 aliphatic rings. The zero-order valence-corrected chi connectivity index (χ0v) is 23.6. The lowest BCUT2D eigenvalue weighted by Gasteiger charge is -2.54. The van der Waals surface area contributed by atoms with Crippen LogP contribution in [-0.2, 0) is 23.9 Å². The van der Waals surface area contributed by atoms with Gasteiger partial charge in [0.05, 0.1) is 37.2 Å². The number of ether oxygens (including phenoxy) is 2. The predicted octanol–water partition coefficient (Wildman–Crippen LogP) is -0.0744. The van der Waals surface area contributed by atoms with Crippen molar-refractivity contribution in [2.75, 3.05) is 46.9 Å². The number of benzene rings is 1. The van der Waals surface area contributed by atoms with Crippen molar-refractivity contribution < 1.29 is 49.1 Å². The molecular formula is C29H35N3O10. The Labute approximate surface area is 241 Å². The lowest BCUT2D eigenvalue weighted by atomic mass is 9.55. The summed E-state index contributed by atoms with van der Waals surface area (Å²) in [5.41, 5.74) is 1.40. The average molecular weight is 586 g/mol. The van der Waals surface area contributed by atoms with Gasteiger partial charge in [-0.25, -0.2) is 0 Å². The average Bonchev–Trinajstić information content (AvgIpc) is 2.93. The van der Waals surface area contributed by atoms with E-state index in [2.05, 4.69) is 0 Å². The Morgan fingerprint density at radius 1 is 1.17 bits per heavy atom. The first-order valence-corrected chi connectivity index (χ1v) is 13.8. The Balaban J connectivity index is 1.68. The summed E-state index contributed by atoms with van der Waals surface area (Å²) in [6.07, 6.45) is -1.49. The monoisotopic (exact) mass is 585 g/mol. The van der Waals surface area contributed by atoms with Gasteiger partial charge in [-0.15, -0.1) is 0 Å². The van der Waals surface area contributed by atoms with Gasteiger partial charge in [0.1, 0.15) is 28.9 Å². The van der Waals surface area contributed by atoms with E-state index in [9.17, 15) is 39.6 Å². The van der Waals surface area contributed by atoms with E-state index < -0.39 is 81.6 Å². The fourth-order valence-corrected chi connectivity index (χ4v) is 6.98. The van der Waals surface area contributed by atoms with Crippen LogP contribution >= 0.6 is 0 Å². The van der Waals surface area contributed by atoms with E-state index in [-0.39, 0.29) is 17.7 Å². The minimum absolute atomic E-state index is 0.0615. The van der Waals surface area contributed by atoms with E-state index in [1.165, 1.54) is 25.1 Å². The number of fused-ring (bicyclic) bond motifs is 3. The van der Waals surface area contributed by atoms with Crippen molar-refractivity contribution in [2.24, 2.45) is 17.6 Å². The molecule has 1 heterocycles. The standard InChI is InChI=1S/C29H35N3O10/c1-13-14-5-4-6-15(33)18(14)23(35)19-17(13)25(42-16(34)7-8-32-9-11-41-12-10-32)21-22(31(2)3)24(36)20(28(30)39)27(38)29(21,40)26(19)37/h4-6,13,17,21-22,25,33,36-37,40H,7-12H2,1-3H3,(H2,30,39)/t13-,17+,21+,22-,25-,29-/m1/s1. The summed E-state index contributed by atoms with van der Waals surface area (Å²) in [7, 11) is 3.01. The van der Waals surface area contributed by atoms with Crippen molar-refractivity contribution in [3.63, 3.8) is 0 Å². The number of phenols is 1. The van der Waals surface area contributed by atoms with Crippen LogP contribution in [0.1, 0.15) is 35.2 Å². The third kappa shape index (κ3) is 4.39. The number of morpholine rings is 1. The first-order chi connectivity index (χ1) is 19.8. The van der Waals surface area contributed by atoms with Gasteiger partial charge in [0.2, 0.25) is 5.78 Å². The van der Waals surface area contributed by atoms with E-state index in [1.807, 2.05) is 4.90 Å². The number of Topliss-reactive ketones (excluding diaryl/α,β-unsaturated/α-hetero) is 2. The Morgan fingerprint density at radius 3 is 2.45 bits per heavy atom. The summed E-state index contributed by atoms with van der Waals surface area (Å²) < 4.78 is 11.4. The van der Waals surface area contributed by atoms with Crippen LogP contribution in [0.25, 0.3) is 0 Å². The second-order valence-corrected chi connectivity index (χ2v) is 11.5. The van der Waals surface area contributed by atoms with Gasteiger partial charge in [0.15, 0.2) is 11.4 Å². The van der Waals surface area contributed by atoms with E-state index in [1.54, 1.807) is 19.1 Å². The minimum atomic E-state index is -2.97. The van der Waals surface area contributed by atoms with Gasteiger partial charge < -0.3 is 35.6 Å². The normalized spacial score (nSPS) is 31.5. The molecule has 1 saturated heterocycles. The highest BCUT2D eigenvalue weighted by Crippen LogP contribution is 2.56. The third-order valence-corrected chi connectivity index (χ3v) is 8.97. The molecule has 0 saturated carbocycles. The highest BCUT2D eigenvalue weighted by Gasteiger charge is 2.68. The van der Waals surface area contributed by atoms with Crippen molar-refractivity contribution in [2.45, 2.75) is 37.0 Å². The van der Waals surface area contributed by atoms with Crippen LogP contribution in [0.2, 0.25) is 0 Å². The molecule has 6 atom stereocenters. The number of carbonyl (C=O) groups is 4. The predicted molar refractivity (Wildman–Crippen MR) is 146 cm³/mol. The lowest BCUT2D eigenvalue weighted by Crippen LogP contribution is -2.69. The zero-order chi connectivity index (χ0) is 30.7. The molecule has 6 N–H and O–H groups in total. The number of amides is 1. The first kappa shape index (κ1) is 29.7. The van der Waals surface area contributed by atoms with E-state index in [0.29, 0.717) is 38.4 Å². The van der Waals surface area contributed by atoms with Gasteiger partial charge in [-0.3, -0.25) is 29.0 Å². The van der Waals surface area contributed by atoms with E-state index >= 15 is 0 Å². The largest absolute Gasteiger partial charge is 0.510 e. The Morgan fingerprint density at radius 2 is 1.83 bits per heavy atom. The number of esters is 1. The number of primary amides is 1. The number of hydrogen-bond acceptors (Lipinski definition) is 12. The fourth-order valence-electron chi connectivity index (χ4n) is 6.98. The number of aliphatic hydroxyl groups excluding tert-OH is 2. The number of nitrogens with two attached hydrogens (primary N) is 1. The molecule has 13 heteroatoms. The molecular weight excluding hydrogens is 550 g/mol. The van der Waals surface area contributed by atoms with Crippen molar-refractivity contribution in [3.05, 3.63) is 52.0 Å². The van der Waals surface area contributed by atoms with Gasteiger partial charge in [-0.2, -0.15) is 0 Å². The second kappa shape index (κ2) is 10.8. The van der Waals surface area contributed by atoms with Crippen LogP contribution in [0.5, 0.6) is 5.75 Å². The molecule has 0 bridgehead atoms. The maximum absolute atomic E-state index is 13.9. The smallest absolute Gasteiger partial charge is 0.307 e. The van der Waals surface area contributed by atoms with Crippen molar-refractivity contribution >= 4 is 23.4 Å². The van der Waals surface area contributed by atoms with Crippen molar-refractivity contribution in [1.82, 2.24) is 9.80 Å². The lowest BCUT2D eigenvalue weighted by molar-refractivity contribution is -0.181. The molecule has 0 radical (unpaired) electrons. The van der Waals surface area contributed by atoms with Gasteiger partial charge in [0, 0.05) is 31.1 Å². The highest BCUT2D eigenvalue weighted by atomic mass is 16.5. The maximum Gasteiger partial charge on any atom is 0.307 e. The van der Waals surface area contributed by atoms with Crippen LogP contribution in [-0.4, -0.2) is 118 Å². The number of carbonyl (C=O) groups excluding carboxylic acids is 4. The molecule has 42 heavy (non-hydrogen) atoms. The molecule has 1 aromatic rings. The summed E-state index contributed by atoms with van der Waals surface area (Å²) in [5, 5.41) is 45.5. The van der Waals surface area contributed by atoms with Crippen LogP contribution in [0.4, 0.5) is 0 Å². The number of ketones is 2. The first-order valence-electron chi connectivity index (χ1n) is 13.8. The molecule has 1 aliphatic heterocycles. The van der Waals surface area contributed by atoms with E-state index in [0.717, 1.165) is 0 Å². The molecule has 0 unspecified atom stereocenters. The Kier molecular flexibility index (Phi) is 7.64. The second-order valence-electron chi connectivity index (χ2n) is 11.5. The molecule has 0 aromatic heterocycles. The van der Waals surface area contributed by atoms with Crippen molar-refractivity contribution in [3.8, 4) is 5.75 Å². The molecule has 1 fully saturated rings. The molecule has 226 valence electrons. The summed E-state index contributed by atoms with van der Waals surface area (Å²) >= 11 is 0. The zero-order valence-electron chi connectivity index (χ0n) is 23.6. The topological polar surface area (TPSA) is 200 Å². The van der Waals surface area contributed by atoms with Crippen LogP contribution in [0.3, 0.4) is 0 Å².